The number of hydrogen-bond acceptors (Lipinski definition) is 2. The number of nitrogens with one attached hydrogen (secondary N) is 1. The van der Waals surface area contributed by atoms with Crippen LogP contribution in [-0.4, -0.2) is 12.0 Å². The van der Waals surface area contributed by atoms with Gasteiger partial charge in [-0.15, -0.1) is 0 Å². The molecule has 0 fully saturated rings. The summed E-state index contributed by atoms with van der Waals surface area (Å²) >= 11 is 0. The Bertz CT molecular complexity index is 394. The summed E-state index contributed by atoms with van der Waals surface area (Å²) in [5, 5.41) is 7.53. The van der Waals surface area contributed by atoms with Crippen molar-refractivity contribution in [2.24, 2.45) is 11.3 Å². The lowest BCUT2D eigenvalue weighted by molar-refractivity contribution is -0.102. The van der Waals surface area contributed by atoms with E-state index in [2.05, 4.69) is 45.1 Å². The molecule has 0 amide bonds. The quantitative estimate of drug-likeness (QED) is 0.588. The Kier molecular flexibility index (Phi) is 5.26. The monoisotopic (exact) mass is 245 g/mol. The molecule has 0 aromatic heterocycles. The average Bonchev–Trinajstić information content (AvgIpc) is 2.55. The molecule has 1 aliphatic rings. The number of carbonyl (C=O) groups is 1. The van der Waals surface area contributed by atoms with Crippen LogP contribution in [0.15, 0.2) is 36.0 Å². The smallest absolute Gasteiger partial charge is 0.167 e. The highest BCUT2D eigenvalue weighted by Gasteiger charge is 2.20. The van der Waals surface area contributed by atoms with E-state index in [0.29, 0.717) is 12.2 Å². The third kappa shape index (κ3) is 4.82. The first kappa shape index (κ1) is 14.6. The lowest BCUT2D eigenvalue weighted by Gasteiger charge is -2.26. The molecule has 0 radical (unpaired) electrons. The molecule has 18 heavy (non-hydrogen) atoms. The van der Waals surface area contributed by atoms with Crippen LogP contribution in [0.3, 0.4) is 0 Å². The Hall–Kier alpha value is -1.44. The lowest BCUT2D eigenvalue weighted by atomic mass is 9.79. The van der Waals surface area contributed by atoms with Crippen LogP contribution in [0.5, 0.6) is 0 Å². The molecule has 1 aliphatic carbocycles. The van der Waals surface area contributed by atoms with Crippen molar-refractivity contribution in [1.82, 2.24) is 0 Å². The van der Waals surface area contributed by atoms with Gasteiger partial charge in [0, 0.05) is 0 Å². The van der Waals surface area contributed by atoms with E-state index >= 15 is 0 Å². The van der Waals surface area contributed by atoms with Gasteiger partial charge in [-0.05, 0) is 36.7 Å². The van der Waals surface area contributed by atoms with E-state index in [1.165, 1.54) is 5.57 Å². The summed E-state index contributed by atoms with van der Waals surface area (Å²) < 4.78 is 0. The zero-order chi connectivity index (χ0) is 13.6. The third-order valence-electron chi connectivity index (χ3n) is 3.24. The SMILES string of the molecule is CC(C)(C)/C(=C/C(=N)C=O)CC1C=CC=CCC1. The Morgan fingerprint density at radius 2 is 2.11 bits per heavy atom. The molecule has 0 saturated heterocycles. The van der Waals surface area contributed by atoms with Crippen molar-refractivity contribution in [1.29, 1.82) is 5.41 Å². The van der Waals surface area contributed by atoms with Gasteiger partial charge >= 0.3 is 0 Å². The summed E-state index contributed by atoms with van der Waals surface area (Å²) in [6.07, 6.45) is 14.1. The van der Waals surface area contributed by atoms with Gasteiger partial charge in [0.05, 0.1) is 5.71 Å². The summed E-state index contributed by atoms with van der Waals surface area (Å²) in [5.41, 5.74) is 1.25. The number of hydrogen-bond donors (Lipinski definition) is 1. The van der Waals surface area contributed by atoms with Crippen LogP contribution in [0.25, 0.3) is 0 Å². The zero-order valence-electron chi connectivity index (χ0n) is 11.6. The summed E-state index contributed by atoms with van der Waals surface area (Å²) in [6.45, 7) is 6.40. The molecular formula is C16H23NO. The topological polar surface area (TPSA) is 40.9 Å². The summed E-state index contributed by atoms with van der Waals surface area (Å²) in [7, 11) is 0. The molecule has 0 bridgehead atoms. The number of rotatable bonds is 4. The molecule has 0 saturated carbocycles. The lowest BCUT2D eigenvalue weighted by Crippen LogP contribution is -2.14. The fourth-order valence-corrected chi connectivity index (χ4v) is 2.06. The standard InChI is InChI=1S/C16H23NO/c1-16(2,3)14(11-15(17)12-18)10-13-8-6-4-5-7-9-13/h4-6,8,11-13,17H,7,9-10H2,1-3H3/b14-11+,17-15?. The second-order valence-electron chi connectivity index (χ2n) is 5.85. The molecule has 0 aromatic carbocycles. The van der Waals surface area contributed by atoms with Crippen LogP contribution in [-0.2, 0) is 4.79 Å². The Balaban J connectivity index is 2.82. The fourth-order valence-electron chi connectivity index (χ4n) is 2.06. The second kappa shape index (κ2) is 6.48. The zero-order valence-corrected chi connectivity index (χ0v) is 11.6. The molecular weight excluding hydrogens is 222 g/mol. The van der Waals surface area contributed by atoms with Crippen LogP contribution in [0.4, 0.5) is 0 Å². The van der Waals surface area contributed by atoms with E-state index in [4.69, 9.17) is 5.41 Å². The first-order chi connectivity index (χ1) is 8.43. The largest absolute Gasteiger partial charge is 0.297 e. The summed E-state index contributed by atoms with van der Waals surface area (Å²) in [6, 6.07) is 0. The van der Waals surface area contributed by atoms with Crippen molar-refractivity contribution in [3.63, 3.8) is 0 Å². The normalized spacial score (nSPS) is 20.6. The molecule has 2 nitrogen and oxygen atoms in total. The first-order valence-electron chi connectivity index (χ1n) is 6.51. The first-order valence-corrected chi connectivity index (χ1v) is 6.51. The highest BCUT2D eigenvalue weighted by molar-refractivity contribution is 6.32. The minimum atomic E-state index is 0.00286. The van der Waals surface area contributed by atoms with Gasteiger partial charge in [0.2, 0.25) is 0 Å². The maximum atomic E-state index is 10.6. The van der Waals surface area contributed by atoms with Gasteiger partial charge < -0.3 is 0 Å². The molecule has 0 aliphatic heterocycles. The number of allylic oxidation sites excluding steroid dienone is 6. The van der Waals surface area contributed by atoms with Crippen molar-refractivity contribution in [2.45, 2.75) is 40.0 Å². The second-order valence-corrected chi connectivity index (χ2v) is 5.85. The molecule has 1 N–H and O–H groups in total. The van der Waals surface area contributed by atoms with Crippen molar-refractivity contribution in [3.8, 4) is 0 Å². The predicted molar refractivity (Wildman–Crippen MR) is 76.9 cm³/mol. The van der Waals surface area contributed by atoms with Crippen LogP contribution in [0.2, 0.25) is 0 Å². The highest BCUT2D eigenvalue weighted by Crippen LogP contribution is 2.33. The minimum Gasteiger partial charge on any atom is -0.297 e. The predicted octanol–water partition coefficient (Wildman–Crippen LogP) is 4.09. The van der Waals surface area contributed by atoms with Gasteiger partial charge in [0.25, 0.3) is 0 Å². The Morgan fingerprint density at radius 3 is 2.72 bits per heavy atom. The average molecular weight is 245 g/mol. The summed E-state index contributed by atoms with van der Waals surface area (Å²) in [4.78, 5) is 10.6. The molecule has 0 aromatic rings. The van der Waals surface area contributed by atoms with Gasteiger partial charge in [-0.3, -0.25) is 10.2 Å². The molecule has 2 heteroatoms. The molecule has 1 atom stereocenters. The van der Waals surface area contributed by atoms with E-state index in [0.717, 1.165) is 19.3 Å². The summed E-state index contributed by atoms with van der Waals surface area (Å²) in [5.74, 6) is 0.505. The van der Waals surface area contributed by atoms with Crippen LogP contribution >= 0.6 is 0 Å². The van der Waals surface area contributed by atoms with E-state index in [-0.39, 0.29) is 11.1 Å². The molecule has 0 heterocycles. The fraction of sp³-hybridized carbons (Fsp3) is 0.500. The third-order valence-corrected chi connectivity index (χ3v) is 3.24. The maximum Gasteiger partial charge on any atom is 0.167 e. The van der Waals surface area contributed by atoms with E-state index in [1.807, 2.05) is 0 Å². The van der Waals surface area contributed by atoms with Crippen LogP contribution in [0.1, 0.15) is 40.0 Å². The molecule has 0 spiro atoms. The van der Waals surface area contributed by atoms with E-state index in [9.17, 15) is 4.79 Å². The molecule has 1 rings (SSSR count). The van der Waals surface area contributed by atoms with E-state index < -0.39 is 0 Å². The van der Waals surface area contributed by atoms with Crippen molar-refractivity contribution in [3.05, 3.63) is 36.0 Å². The Labute approximate surface area is 110 Å². The van der Waals surface area contributed by atoms with Crippen LogP contribution < -0.4 is 0 Å². The van der Waals surface area contributed by atoms with Gasteiger partial charge in [0.15, 0.2) is 6.29 Å². The van der Waals surface area contributed by atoms with Gasteiger partial charge in [-0.1, -0.05) is 50.6 Å². The van der Waals surface area contributed by atoms with Crippen molar-refractivity contribution >= 4 is 12.0 Å². The highest BCUT2D eigenvalue weighted by atomic mass is 16.1. The Morgan fingerprint density at radius 1 is 1.39 bits per heavy atom. The van der Waals surface area contributed by atoms with E-state index in [1.54, 1.807) is 6.08 Å². The van der Waals surface area contributed by atoms with Crippen molar-refractivity contribution in [2.75, 3.05) is 0 Å². The van der Waals surface area contributed by atoms with Gasteiger partial charge in [-0.2, -0.15) is 0 Å². The number of aldehydes is 1. The van der Waals surface area contributed by atoms with Gasteiger partial charge in [-0.25, -0.2) is 0 Å². The maximum absolute atomic E-state index is 10.6. The number of carbonyl (C=O) groups excluding carboxylic acids is 1. The minimum absolute atomic E-state index is 0.00286. The van der Waals surface area contributed by atoms with Crippen LogP contribution in [0, 0.1) is 16.7 Å². The van der Waals surface area contributed by atoms with Gasteiger partial charge in [0.1, 0.15) is 0 Å². The molecule has 98 valence electrons. The molecule has 1 unspecified atom stereocenters. The van der Waals surface area contributed by atoms with Crippen molar-refractivity contribution < 1.29 is 4.79 Å².